The van der Waals surface area contributed by atoms with Crippen molar-refractivity contribution < 1.29 is 22.4 Å². The fraction of sp³-hybridized carbons (Fsp3) is 0.174. The maximum absolute atomic E-state index is 14.2. The molecule has 1 aliphatic rings. The van der Waals surface area contributed by atoms with E-state index in [-0.39, 0.29) is 24.2 Å². The van der Waals surface area contributed by atoms with Gasteiger partial charge in [-0.15, -0.1) is 0 Å². The van der Waals surface area contributed by atoms with E-state index in [1.54, 1.807) is 18.2 Å². The van der Waals surface area contributed by atoms with E-state index in [0.29, 0.717) is 28.0 Å². The Morgan fingerprint density at radius 2 is 1.97 bits per heavy atom. The van der Waals surface area contributed by atoms with Crippen LogP contribution in [0, 0.1) is 11.6 Å². The lowest BCUT2D eigenvalue weighted by molar-refractivity contribution is 0.0256. The van der Waals surface area contributed by atoms with Gasteiger partial charge < -0.3 is 10.2 Å². The average molecular weight is 455 g/mol. The highest BCUT2D eigenvalue weighted by Gasteiger charge is 2.38. The lowest BCUT2D eigenvalue weighted by Gasteiger charge is -2.17. The molecule has 0 aliphatic carbocycles. The first-order valence-electron chi connectivity index (χ1n) is 10.1. The molecular formula is C23H17F4N5O. The van der Waals surface area contributed by atoms with Crippen molar-refractivity contribution in [3.8, 4) is 11.1 Å². The second-order valence-electron chi connectivity index (χ2n) is 7.82. The number of aromatic amines is 1. The van der Waals surface area contributed by atoms with E-state index in [0.717, 1.165) is 6.07 Å². The quantitative estimate of drug-likeness (QED) is 0.425. The molecule has 1 fully saturated rings. The third kappa shape index (κ3) is 3.99. The van der Waals surface area contributed by atoms with Crippen LogP contribution in [0.2, 0.25) is 0 Å². The Labute approximate surface area is 185 Å². The number of carbonyl (C=O) groups is 1. The molecule has 33 heavy (non-hydrogen) atoms. The van der Waals surface area contributed by atoms with Gasteiger partial charge in [-0.1, -0.05) is 18.2 Å². The van der Waals surface area contributed by atoms with Crippen molar-refractivity contribution in [3.63, 3.8) is 0 Å². The summed E-state index contributed by atoms with van der Waals surface area (Å²) in [6.45, 7) is -0.262. The summed E-state index contributed by atoms with van der Waals surface area (Å²) < 4.78 is 55.0. The Hall–Kier alpha value is -3.95. The van der Waals surface area contributed by atoms with Crippen molar-refractivity contribution in [1.29, 1.82) is 0 Å². The van der Waals surface area contributed by atoms with E-state index in [1.165, 1.54) is 35.4 Å². The number of anilines is 2. The van der Waals surface area contributed by atoms with Crippen LogP contribution in [0.3, 0.4) is 0 Å². The fourth-order valence-electron chi connectivity index (χ4n) is 3.87. The van der Waals surface area contributed by atoms with Crippen molar-refractivity contribution >= 4 is 28.3 Å². The number of hydrogen-bond acceptors (Lipinski definition) is 4. The second-order valence-corrected chi connectivity index (χ2v) is 7.82. The van der Waals surface area contributed by atoms with Crippen molar-refractivity contribution in [1.82, 2.24) is 15.2 Å². The van der Waals surface area contributed by atoms with Gasteiger partial charge in [0.25, 0.3) is 11.8 Å². The molecule has 2 aromatic heterocycles. The predicted molar refractivity (Wildman–Crippen MR) is 115 cm³/mol. The summed E-state index contributed by atoms with van der Waals surface area (Å²) in [6.07, 6.45) is 1.17. The lowest BCUT2D eigenvalue weighted by atomic mass is 10.0. The normalized spacial score (nSPS) is 15.2. The number of halogens is 4. The molecule has 0 saturated carbocycles. The molecule has 2 aromatic carbocycles. The van der Waals surface area contributed by atoms with Crippen molar-refractivity contribution in [2.75, 3.05) is 23.3 Å². The number of nitrogens with one attached hydrogen (secondary N) is 2. The van der Waals surface area contributed by atoms with Gasteiger partial charge in [-0.2, -0.15) is 5.10 Å². The summed E-state index contributed by atoms with van der Waals surface area (Å²) in [4.78, 5) is 18.5. The minimum atomic E-state index is -2.77. The molecule has 0 radical (unpaired) electrons. The Balaban J connectivity index is 1.42. The van der Waals surface area contributed by atoms with Gasteiger partial charge in [0, 0.05) is 41.9 Å². The Morgan fingerprint density at radius 3 is 2.76 bits per heavy atom. The molecule has 10 heteroatoms. The van der Waals surface area contributed by atoms with Crippen molar-refractivity contribution in [2.45, 2.75) is 12.3 Å². The number of H-pyrrole nitrogens is 1. The maximum atomic E-state index is 14.2. The molecule has 0 unspecified atom stereocenters. The highest BCUT2D eigenvalue weighted by atomic mass is 19.3. The third-order valence-electron chi connectivity index (χ3n) is 5.54. The third-order valence-corrected chi connectivity index (χ3v) is 5.54. The van der Waals surface area contributed by atoms with Gasteiger partial charge in [0.2, 0.25) is 0 Å². The number of benzene rings is 2. The standard InChI is InChI=1S/C23H17F4N5O/c24-17-3-1-2-15(20(17)25)13-4-5-18-16(10-13)21(31-30-18)22(33)29-14-6-8-28-19(11-14)32-9-7-23(26,27)12-32/h1-6,8,10-11H,7,9,12H2,(H,30,31)(H,28,29,33). The number of hydrogen-bond donors (Lipinski definition) is 2. The molecule has 3 heterocycles. The first-order valence-corrected chi connectivity index (χ1v) is 10.1. The van der Waals surface area contributed by atoms with Gasteiger partial charge in [-0.3, -0.25) is 9.89 Å². The Kier molecular flexibility index (Phi) is 4.99. The summed E-state index contributed by atoms with van der Waals surface area (Å²) in [5, 5.41) is 9.91. The maximum Gasteiger partial charge on any atom is 0.276 e. The molecule has 4 aromatic rings. The predicted octanol–water partition coefficient (Wildman–Crippen LogP) is 5.00. The van der Waals surface area contributed by atoms with Gasteiger partial charge in [-0.05, 0) is 29.8 Å². The molecule has 5 rings (SSSR count). The number of amides is 1. The van der Waals surface area contributed by atoms with Gasteiger partial charge in [0.1, 0.15) is 5.82 Å². The first-order chi connectivity index (χ1) is 15.8. The minimum Gasteiger partial charge on any atom is -0.350 e. The van der Waals surface area contributed by atoms with E-state index >= 15 is 0 Å². The number of pyridine rings is 1. The van der Waals surface area contributed by atoms with Crippen LogP contribution in [0.1, 0.15) is 16.9 Å². The minimum absolute atomic E-state index is 0.0507. The van der Waals surface area contributed by atoms with Gasteiger partial charge in [0.05, 0.1) is 12.1 Å². The van der Waals surface area contributed by atoms with Crippen LogP contribution in [0.25, 0.3) is 22.0 Å². The number of rotatable bonds is 4. The van der Waals surface area contributed by atoms with E-state index in [4.69, 9.17) is 0 Å². The molecule has 0 spiro atoms. The number of carbonyl (C=O) groups excluding carboxylic acids is 1. The molecule has 0 atom stereocenters. The van der Waals surface area contributed by atoms with Crippen LogP contribution in [-0.4, -0.2) is 40.1 Å². The number of alkyl halides is 2. The Morgan fingerprint density at radius 1 is 1.12 bits per heavy atom. The van der Waals surface area contributed by atoms with Gasteiger partial charge in [-0.25, -0.2) is 22.5 Å². The molecule has 0 bridgehead atoms. The molecular weight excluding hydrogens is 438 g/mol. The number of aromatic nitrogens is 3. The van der Waals surface area contributed by atoms with E-state index in [9.17, 15) is 22.4 Å². The smallest absolute Gasteiger partial charge is 0.276 e. The summed E-state index contributed by atoms with van der Waals surface area (Å²) >= 11 is 0. The molecule has 168 valence electrons. The van der Waals surface area contributed by atoms with Crippen LogP contribution in [-0.2, 0) is 0 Å². The van der Waals surface area contributed by atoms with E-state index in [1.807, 2.05) is 0 Å². The molecule has 2 N–H and O–H groups in total. The van der Waals surface area contributed by atoms with Crippen LogP contribution in [0.4, 0.5) is 29.1 Å². The van der Waals surface area contributed by atoms with Crippen LogP contribution >= 0.6 is 0 Å². The molecule has 1 saturated heterocycles. The van der Waals surface area contributed by atoms with Crippen molar-refractivity contribution in [2.24, 2.45) is 0 Å². The van der Waals surface area contributed by atoms with Crippen molar-refractivity contribution in [3.05, 3.63) is 72.1 Å². The first kappa shape index (κ1) is 20.9. The zero-order chi connectivity index (χ0) is 23.2. The SMILES string of the molecule is O=C(Nc1ccnc(N2CCC(F)(F)C2)c1)c1n[nH]c2ccc(-c3cccc(F)c3F)cc12. The number of fused-ring (bicyclic) bond motifs is 1. The summed E-state index contributed by atoms with van der Waals surface area (Å²) in [5.41, 5.74) is 1.40. The summed E-state index contributed by atoms with van der Waals surface area (Å²) in [7, 11) is 0. The number of nitrogens with zero attached hydrogens (tertiary/aromatic N) is 3. The van der Waals surface area contributed by atoms with Crippen LogP contribution < -0.4 is 10.2 Å². The molecule has 1 aliphatic heterocycles. The van der Waals surface area contributed by atoms with Crippen LogP contribution in [0.15, 0.2) is 54.7 Å². The Bertz CT molecular complexity index is 1370. The topological polar surface area (TPSA) is 73.9 Å². The van der Waals surface area contributed by atoms with Gasteiger partial charge in [0.15, 0.2) is 17.3 Å². The second kappa shape index (κ2) is 7.88. The molecule has 6 nitrogen and oxygen atoms in total. The average Bonchev–Trinajstić information content (AvgIpc) is 3.38. The zero-order valence-corrected chi connectivity index (χ0v) is 17.1. The summed E-state index contributed by atoms with van der Waals surface area (Å²) in [6, 6.07) is 11.7. The molecule has 1 amide bonds. The van der Waals surface area contributed by atoms with Gasteiger partial charge >= 0.3 is 0 Å². The highest BCUT2D eigenvalue weighted by Crippen LogP contribution is 2.31. The van der Waals surface area contributed by atoms with E-state index in [2.05, 4.69) is 20.5 Å². The highest BCUT2D eigenvalue weighted by molar-refractivity contribution is 6.11. The fourth-order valence-corrected chi connectivity index (χ4v) is 3.87. The lowest BCUT2D eigenvalue weighted by Crippen LogP contribution is -2.25. The van der Waals surface area contributed by atoms with Crippen LogP contribution in [0.5, 0.6) is 0 Å². The zero-order valence-electron chi connectivity index (χ0n) is 17.1. The largest absolute Gasteiger partial charge is 0.350 e. The summed E-state index contributed by atoms with van der Waals surface area (Å²) in [5.74, 6) is -4.94. The van der Waals surface area contributed by atoms with E-state index < -0.39 is 30.0 Å². The monoisotopic (exact) mass is 455 g/mol.